The molecule has 1 aromatic carbocycles. The molecule has 0 spiro atoms. The summed E-state index contributed by atoms with van der Waals surface area (Å²) in [4.78, 5) is 13.1. The van der Waals surface area contributed by atoms with Gasteiger partial charge >= 0.3 is 0 Å². The number of imidazole rings is 1. The van der Waals surface area contributed by atoms with Gasteiger partial charge in [-0.3, -0.25) is 4.57 Å². The van der Waals surface area contributed by atoms with Crippen LogP contribution in [0.3, 0.4) is 0 Å². The highest BCUT2D eigenvalue weighted by atomic mass is 32.2. The molecule has 124 valence electrons. The zero-order valence-corrected chi connectivity index (χ0v) is 14.2. The normalized spacial score (nSPS) is 11.6. The Morgan fingerprint density at radius 2 is 1.96 bits per heavy atom. The third kappa shape index (κ3) is 3.06. The van der Waals surface area contributed by atoms with Crippen molar-refractivity contribution in [3.63, 3.8) is 0 Å². The van der Waals surface area contributed by atoms with Crippen LogP contribution in [0.5, 0.6) is 0 Å². The van der Waals surface area contributed by atoms with E-state index in [1.807, 2.05) is 13.8 Å². The fraction of sp³-hybridized carbons (Fsp3) is 0.188. The minimum absolute atomic E-state index is 0.0553. The third-order valence-electron chi connectivity index (χ3n) is 3.66. The molecule has 3 rings (SSSR count). The predicted molar refractivity (Wildman–Crippen MR) is 90.1 cm³/mol. The second-order valence-corrected chi connectivity index (χ2v) is 6.89. The first-order valence-electron chi connectivity index (χ1n) is 7.39. The van der Waals surface area contributed by atoms with Crippen LogP contribution in [-0.4, -0.2) is 27.9 Å². The van der Waals surface area contributed by atoms with E-state index in [9.17, 15) is 8.42 Å². The molecule has 0 bridgehead atoms. The SMILES string of the molecule is CCc1nccc(-c2nccn2-c2cc(S(N)(=O)=O)ccc2C)n1. The number of hydrogen-bond acceptors (Lipinski definition) is 5. The van der Waals surface area contributed by atoms with Crippen molar-refractivity contribution >= 4 is 10.0 Å². The number of hydrogen-bond donors (Lipinski definition) is 1. The van der Waals surface area contributed by atoms with Gasteiger partial charge in [-0.15, -0.1) is 0 Å². The van der Waals surface area contributed by atoms with Crippen LogP contribution in [-0.2, 0) is 16.4 Å². The zero-order chi connectivity index (χ0) is 17.3. The Bertz CT molecular complexity index is 995. The molecule has 0 aliphatic rings. The van der Waals surface area contributed by atoms with Crippen LogP contribution in [0.25, 0.3) is 17.2 Å². The van der Waals surface area contributed by atoms with E-state index in [4.69, 9.17) is 5.14 Å². The molecule has 0 radical (unpaired) electrons. The van der Waals surface area contributed by atoms with Crippen molar-refractivity contribution in [2.45, 2.75) is 25.2 Å². The number of primary sulfonamides is 1. The molecule has 3 aromatic rings. The first-order valence-corrected chi connectivity index (χ1v) is 8.94. The van der Waals surface area contributed by atoms with E-state index >= 15 is 0 Å². The molecule has 0 aliphatic carbocycles. The number of aryl methyl sites for hydroxylation is 2. The van der Waals surface area contributed by atoms with Crippen molar-refractivity contribution in [1.82, 2.24) is 19.5 Å². The molecule has 2 aromatic heterocycles. The summed E-state index contributed by atoms with van der Waals surface area (Å²) in [6.45, 7) is 3.87. The molecule has 0 amide bonds. The minimum atomic E-state index is -3.78. The van der Waals surface area contributed by atoms with E-state index in [1.54, 1.807) is 35.3 Å². The molecule has 0 fully saturated rings. The molecule has 8 heteroatoms. The molecule has 0 aliphatic heterocycles. The van der Waals surface area contributed by atoms with Gasteiger partial charge in [0.15, 0.2) is 5.82 Å². The topological polar surface area (TPSA) is 104 Å². The molecule has 0 saturated heterocycles. The lowest BCUT2D eigenvalue weighted by molar-refractivity contribution is 0.597. The van der Waals surface area contributed by atoms with Gasteiger partial charge in [0.05, 0.1) is 10.6 Å². The summed E-state index contributed by atoms with van der Waals surface area (Å²) < 4.78 is 25.1. The second kappa shape index (κ2) is 6.14. The van der Waals surface area contributed by atoms with Crippen molar-refractivity contribution < 1.29 is 8.42 Å². The Balaban J connectivity index is 2.17. The summed E-state index contributed by atoms with van der Waals surface area (Å²) in [7, 11) is -3.78. The molecule has 7 nitrogen and oxygen atoms in total. The highest BCUT2D eigenvalue weighted by molar-refractivity contribution is 7.89. The first-order chi connectivity index (χ1) is 11.4. The zero-order valence-electron chi connectivity index (χ0n) is 13.3. The number of nitrogens with zero attached hydrogens (tertiary/aromatic N) is 4. The summed E-state index contributed by atoms with van der Waals surface area (Å²) in [5.74, 6) is 1.33. The van der Waals surface area contributed by atoms with Crippen molar-refractivity contribution in [2.24, 2.45) is 5.14 Å². The van der Waals surface area contributed by atoms with Gasteiger partial charge in [-0.25, -0.2) is 28.5 Å². The summed E-state index contributed by atoms with van der Waals surface area (Å²) in [5.41, 5.74) is 2.25. The maximum atomic E-state index is 11.6. The van der Waals surface area contributed by atoms with Crippen LogP contribution in [0.15, 0.2) is 47.8 Å². The fourth-order valence-corrected chi connectivity index (χ4v) is 2.94. The molecule has 0 atom stereocenters. The van der Waals surface area contributed by atoms with Crippen LogP contribution in [0.1, 0.15) is 18.3 Å². The van der Waals surface area contributed by atoms with Crippen molar-refractivity contribution in [2.75, 3.05) is 0 Å². The van der Waals surface area contributed by atoms with E-state index in [2.05, 4.69) is 15.0 Å². The van der Waals surface area contributed by atoms with Gasteiger partial charge in [0.25, 0.3) is 0 Å². The van der Waals surface area contributed by atoms with Gasteiger partial charge in [0.2, 0.25) is 10.0 Å². The van der Waals surface area contributed by atoms with Crippen LogP contribution in [0.4, 0.5) is 0 Å². The smallest absolute Gasteiger partial charge is 0.238 e. The third-order valence-corrected chi connectivity index (χ3v) is 4.57. The van der Waals surface area contributed by atoms with E-state index in [-0.39, 0.29) is 4.90 Å². The largest absolute Gasteiger partial charge is 0.298 e. The Labute approximate surface area is 140 Å². The van der Waals surface area contributed by atoms with E-state index in [0.29, 0.717) is 23.6 Å². The number of benzene rings is 1. The highest BCUT2D eigenvalue weighted by Gasteiger charge is 2.15. The Morgan fingerprint density at radius 3 is 2.67 bits per heavy atom. The number of nitrogens with two attached hydrogens (primary N) is 1. The van der Waals surface area contributed by atoms with E-state index in [0.717, 1.165) is 11.4 Å². The van der Waals surface area contributed by atoms with Crippen LogP contribution >= 0.6 is 0 Å². The van der Waals surface area contributed by atoms with Crippen LogP contribution in [0.2, 0.25) is 0 Å². The van der Waals surface area contributed by atoms with Crippen molar-refractivity contribution in [1.29, 1.82) is 0 Å². The van der Waals surface area contributed by atoms with Crippen LogP contribution < -0.4 is 5.14 Å². The van der Waals surface area contributed by atoms with Gasteiger partial charge < -0.3 is 0 Å². The second-order valence-electron chi connectivity index (χ2n) is 5.33. The number of rotatable bonds is 4. The number of sulfonamides is 1. The summed E-state index contributed by atoms with van der Waals surface area (Å²) >= 11 is 0. The monoisotopic (exact) mass is 343 g/mol. The maximum absolute atomic E-state index is 11.6. The summed E-state index contributed by atoms with van der Waals surface area (Å²) in [6, 6.07) is 6.52. The lowest BCUT2D eigenvalue weighted by atomic mass is 10.2. The fourth-order valence-electron chi connectivity index (χ4n) is 2.41. The lowest BCUT2D eigenvalue weighted by Gasteiger charge is -2.12. The Hall–Kier alpha value is -2.58. The molecule has 0 unspecified atom stereocenters. The molecule has 2 N–H and O–H groups in total. The average molecular weight is 343 g/mol. The Kier molecular flexibility index (Phi) is 4.16. The van der Waals surface area contributed by atoms with Gasteiger partial charge in [-0.05, 0) is 30.7 Å². The summed E-state index contributed by atoms with van der Waals surface area (Å²) in [6.07, 6.45) is 5.81. The molecular weight excluding hydrogens is 326 g/mol. The molecule has 24 heavy (non-hydrogen) atoms. The first kappa shape index (κ1) is 16.3. The highest BCUT2D eigenvalue weighted by Crippen LogP contribution is 2.24. The molecule has 2 heterocycles. The maximum Gasteiger partial charge on any atom is 0.238 e. The quantitative estimate of drug-likeness (QED) is 0.778. The standard InChI is InChI=1S/C16H17N5O2S/c1-3-15-18-7-6-13(20-15)16-19-8-9-21(16)14-10-12(24(17,22)23)5-4-11(14)2/h4-10H,3H2,1-2H3,(H2,17,22,23). The van der Waals surface area contributed by atoms with Crippen LogP contribution in [0, 0.1) is 6.92 Å². The van der Waals surface area contributed by atoms with Gasteiger partial charge in [0.1, 0.15) is 11.5 Å². The number of aromatic nitrogens is 4. The van der Waals surface area contributed by atoms with E-state index < -0.39 is 10.0 Å². The van der Waals surface area contributed by atoms with E-state index in [1.165, 1.54) is 12.1 Å². The average Bonchev–Trinajstić information content (AvgIpc) is 3.03. The van der Waals surface area contributed by atoms with Crippen molar-refractivity contribution in [3.05, 3.63) is 54.2 Å². The van der Waals surface area contributed by atoms with Crippen molar-refractivity contribution in [3.8, 4) is 17.2 Å². The predicted octanol–water partition coefficient (Wildman–Crippen LogP) is 1.85. The molecule has 0 saturated carbocycles. The lowest BCUT2D eigenvalue weighted by Crippen LogP contribution is -2.13. The van der Waals surface area contributed by atoms with Gasteiger partial charge in [-0.1, -0.05) is 13.0 Å². The summed E-state index contributed by atoms with van der Waals surface area (Å²) in [5, 5.41) is 5.24. The minimum Gasteiger partial charge on any atom is -0.298 e. The Morgan fingerprint density at radius 1 is 1.17 bits per heavy atom. The van der Waals surface area contributed by atoms with Gasteiger partial charge in [-0.2, -0.15) is 0 Å². The molecular formula is C16H17N5O2S. The van der Waals surface area contributed by atoms with Gasteiger partial charge in [0, 0.05) is 25.0 Å².